The van der Waals surface area contributed by atoms with Crippen molar-refractivity contribution in [3.63, 3.8) is 0 Å². The van der Waals surface area contributed by atoms with E-state index in [1.54, 1.807) is 0 Å². The fourth-order valence-electron chi connectivity index (χ4n) is 3.59. The minimum Gasteiger partial charge on any atom is -0.378 e. The first-order chi connectivity index (χ1) is 12.6. The van der Waals surface area contributed by atoms with Crippen LogP contribution in [0.1, 0.15) is 29.6 Å². The van der Waals surface area contributed by atoms with Gasteiger partial charge in [-0.1, -0.05) is 0 Å². The van der Waals surface area contributed by atoms with Gasteiger partial charge in [-0.05, 0) is 26.0 Å². The highest BCUT2D eigenvalue weighted by atomic mass is 19.1. The molecule has 2 fully saturated rings. The quantitative estimate of drug-likeness (QED) is 0.831. The maximum Gasteiger partial charge on any atom is 0.254 e. The summed E-state index contributed by atoms with van der Waals surface area (Å²) in [4.78, 5) is 32.2. The summed E-state index contributed by atoms with van der Waals surface area (Å²) in [5.41, 5.74) is -0.000282. The third-order valence-electron chi connectivity index (χ3n) is 5.27. The number of hydrogen-bond donors (Lipinski definition) is 1. The van der Waals surface area contributed by atoms with E-state index in [0.29, 0.717) is 39.3 Å². The van der Waals surface area contributed by atoms with Crippen LogP contribution in [0.15, 0.2) is 18.5 Å². The standard InChI is InChI=1S/C18H25FN4O3/c1-22-13(10-17(24)23-6-8-26-9-7-23)2-3-14(22)11-21-18(25)15-4-5-20-12-16(15)19/h4-5,12-14H,2-3,6-11H2,1H3,(H,21,25)/t13-,14+/m1/s1. The van der Waals surface area contributed by atoms with Crippen molar-refractivity contribution in [3.8, 4) is 0 Å². The molecule has 8 heteroatoms. The zero-order valence-electron chi connectivity index (χ0n) is 15.0. The van der Waals surface area contributed by atoms with Gasteiger partial charge in [0.1, 0.15) is 0 Å². The number of likely N-dealkylation sites (tertiary alicyclic amines) is 1. The molecule has 0 bridgehead atoms. The molecule has 0 spiro atoms. The SMILES string of the molecule is CN1[C@@H](CC(=O)N2CCOCC2)CC[C@H]1CNC(=O)c1ccncc1F. The molecule has 1 aromatic heterocycles. The first kappa shape index (κ1) is 18.7. The van der Waals surface area contributed by atoms with E-state index in [4.69, 9.17) is 4.74 Å². The number of rotatable bonds is 5. The highest BCUT2D eigenvalue weighted by Crippen LogP contribution is 2.25. The molecule has 0 unspecified atom stereocenters. The number of likely N-dealkylation sites (N-methyl/N-ethyl adjacent to an activating group) is 1. The van der Waals surface area contributed by atoms with Crippen LogP contribution >= 0.6 is 0 Å². The van der Waals surface area contributed by atoms with Crippen LogP contribution < -0.4 is 5.32 Å². The average molecular weight is 364 g/mol. The molecule has 1 N–H and O–H groups in total. The van der Waals surface area contributed by atoms with Crippen LogP contribution in [-0.4, -0.2) is 78.6 Å². The summed E-state index contributed by atoms with van der Waals surface area (Å²) in [6.45, 7) is 2.96. The molecule has 3 heterocycles. The predicted molar refractivity (Wildman–Crippen MR) is 93.1 cm³/mol. The van der Waals surface area contributed by atoms with Gasteiger partial charge in [-0.15, -0.1) is 0 Å². The number of amides is 2. The minimum absolute atomic E-state index is 0.000282. The number of nitrogens with one attached hydrogen (secondary N) is 1. The van der Waals surface area contributed by atoms with E-state index in [9.17, 15) is 14.0 Å². The number of aromatic nitrogens is 1. The highest BCUT2D eigenvalue weighted by molar-refractivity contribution is 5.94. The molecule has 26 heavy (non-hydrogen) atoms. The summed E-state index contributed by atoms with van der Waals surface area (Å²) in [6, 6.07) is 1.68. The largest absolute Gasteiger partial charge is 0.378 e. The number of carbonyl (C=O) groups is 2. The normalized spacial score (nSPS) is 23.8. The fraction of sp³-hybridized carbons (Fsp3) is 0.611. The Bertz CT molecular complexity index is 651. The van der Waals surface area contributed by atoms with E-state index in [0.717, 1.165) is 19.0 Å². The van der Waals surface area contributed by atoms with E-state index < -0.39 is 11.7 Å². The Morgan fingerprint density at radius 3 is 2.77 bits per heavy atom. The van der Waals surface area contributed by atoms with Gasteiger partial charge in [0.2, 0.25) is 5.91 Å². The number of ether oxygens (including phenoxy) is 1. The Morgan fingerprint density at radius 1 is 1.31 bits per heavy atom. The van der Waals surface area contributed by atoms with Gasteiger partial charge in [-0.2, -0.15) is 0 Å². The van der Waals surface area contributed by atoms with Crippen molar-refractivity contribution in [2.45, 2.75) is 31.3 Å². The van der Waals surface area contributed by atoms with Crippen LogP contribution in [0, 0.1) is 5.82 Å². The number of morpholine rings is 1. The van der Waals surface area contributed by atoms with Gasteiger partial charge in [0.15, 0.2) is 5.82 Å². The molecule has 2 amide bonds. The third kappa shape index (κ3) is 4.37. The van der Waals surface area contributed by atoms with Crippen molar-refractivity contribution in [3.05, 3.63) is 29.8 Å². The van der Waals surface area contributed by atoms with Crippen LogP contribution in [0.25, 0.3) is 0 Å². The molecule has 142 valence electrons. The Kier molecular flexibility index (Phi) is 6.16. The molecule has 2 aliphatic heterocycles. The molecule has 0 radical (unpaired) electrons. The first-order valence-corrected chi connectivity index (χ1v) is 9.01. The van der Waals surface area contributed by atoms with Crippen LogP contribution in [0.2, 0.25) is 0 Å². The Balaban J connectivity index is 1.48. The van der Waals surface area contributed by atoms with E-state index in [1.165, 1.54) is 12.3 Å². The minimum atomic E-state index is -0.626. The molecule has 0 saturated carbocycles. The van der Waals surface area contributed by atoms with E-state index >= 15 is 0 Å². The second-order valence-corrected chi connectivity index (χ2v) is 6.81. The number of halogens is 1. The lowest BCUT2D eigenvalue weighted by atomic mass is 10.1. The molecular weight excluding hydrogens is 339 g/mol. The van der Waals surface area contributed by atoms with Gasteiger partial charge in [0.25, 0.3) is 5.91 Å². The lowest BCUT2D eigenvalue weighted by Crippen LogP contribution is -2.45. The second-order valence-electron chi connectivity index (χ2n) is 6.81. The average Bonchev–Trinajstić information content (AvgIpc) is 3.00. The Morgan fingerprint density at radius 2 is 2.04 bits per heavy atom. The van der Waals surface area contributed by atoms with E-state index in [-0.39, 0.29) is 23.6 Å². The van der Waals surface area contributed by atoms with E-state index in [2.05, 4.69) is 15.2 Å². The van der Waals surface area contributed by atoms with Gasteiger partial charge >= 0.3 is 0 Å². The monoisotopic (exact) mass is 364 g/mol. The fourth-order valence-corrected chi connectivity index (χ4v) is 3.59. The summed E-state index contributed by atoms with van der Waals surface area (Å²) in [6.07, 6.45) is 4.73. The topological polar surface area (TPSA) is 74.8 Å². The van der Waals surface area contributed by atoms with Gasteiger partial charge < -0.3 is 15.0 Å². The van der Waals surface area contributed by atoms with Crippen LogP contribution in [0.4, 0.5) is 4.39 Å². The maximum absolute atomic E-state index is 13.6. The Hall–Kier alpha value is -2.06. The van der Waals surface area contributed by atoms with Gasteiger partial charge in [-0.3, -0.25) is 19.5 Å². The first-order valence-electron chi connectivity index (χ1n) is 9.01. The molecule has 2 saturated heterocycles. The second kappa shape index (κ2) is 8.55. The van der Waals surface area contributed by atoms with Gasteiger partial charge in [0.05, 0.1) is 25.0 Å². The van der Waals surface area contributed by atoms with E-state index in [1.807, 2.05) is 11.9 Å². The number of nitrogens with zero attached hydrogens (tertiary/aromatic N) is 3. The van der Waals surface area contributed by atoms with Crippen LogP contribution in [0.3, 0.4) is 0 Å². The van der Waals surface area contributed by atoms with Crippen molar-refractivity contribution in [2.75, 3.05) is 39.9 Å². The molecule has 0 aromatic carbocycles. The summed E-state index contributed by atoms with van der Waals surface area (Å²) >= 11 is 0. The summed E-state index contributed by atoms with van der Waals surface area (Å²) in [5.74, 6) is -0.904. The third-order valence-corrected chi connectivity index (χ3v) is 5.27. The lowest BCUT2D eigenvalue weighted by molar-refractivity contribution is -0.136. The zero-order chi connectivity index (χ0) is 18.5. The Labute approximate surface area is 152 Å². The zero-order valence-corrected chi connectivity index (χ0v) is 15.0. The maximum atomic E-state index is 13.6. The molecule has 1 aromatic rings. The number of pyridine rings is 1. The lowest BCUT2D eigenvalue weighted by Gasteiger charge is -2.30. The summed E-state index contributed by atoms with van der Waals surface area (Å²) in [7, 11) is 1.98. The highest BCUT2D eigenvalue weighted by Gasteiger charge is 2.33. The smallest absolute Gasteiger partial charge is 0.254 e. The van der Waals surface area contributed by atoms with Gasteiger partial charge in [0, 0.05) is 44.3 Å². The summed E-state index contributed by atoms with van der Waals surface area (Å²) < 4.78 is 18.9. The van der Waals surface area contributed by atoms with Crippen molar-refractivity contribution >= 4 is 11.8 Å². The molecule has 3 rings (SSSR count). The van der Waals surface area contributed by atoms with Crippen molar-refractivity contribution in [1.29, 1.82) is 0 Å². The molecule has 7 nitrogen and oxygen atoms in total. The predicted octanol–water partition coefficient (Wildman–Crippen LogP) is 0.662. The van der Waals surface area contributed by atoms with Crippen molar-refractivity contribution in [2.24, 2.45) is 0 Å². The van der Waals surface area contributed by atoms with Crippen LogP contribution in [0.5, 0.6) is 0 Å². The molecular formula is C18H25FN4O3. The number of carbonyl (C=O) groups excluding carboxylic acids is 2. The van der Waals surface area contributed by atoms with Gasteiger partial charge in [-0.25, -0.2) is 4.39 Å². The van der Waals surface area contributed by atoms with Crippen molar-refractivity contribution < 1.29 is 18.7 Å². The number of hydrogen-bond acceptors (Lipinski definition) is 5. The van der Waals surface area contributed by atoms with Crippen molar-refractivity contribution in [1.82, 2.24) is 20.1 Å². The molecule has 0 aliphatic carbocycles. The molecule has 2 aliphatic rings. The molecule has 2 atom stereocenters. The summed E-state index contributed by atoms with van der Waals surface area (Å²) in [5, 5.41) is 2.79. The van der Waals surface area contributed by atoms with Crippen LogP contribution in [-0.2, 0) is 9.53 Å².